The Morgan fingerprint density at radius 3 is 2.76 bits per heavy atom. The Bertz CT molecular complexity index is 628. The van der Waals surface area contributed by atoms with Gasteiger partial charge >= 0.3 is 0 Å². The van der Waals surface area contributed by atoms with E-state index in [0.29, 0.717) is 12.6 Å². The summed E-state index contributed by atoms with van der Waals surface area (Å²) in [6.45, 7) is 1.19. The molecule has 2 aromatic rings. The van der Waals surface area contributed by atoms with E-state index in [1.54, 1.807) is 12.1 Å². The van der Waals surface area contributed by atoms with E-state index in [1.807, 2.05) is 18.2 Å². The van der Waals surface area contributed by atoms with Crippen molar-refractivity contribution in [2.24, 2.45) is 0 Å². The van der Waals surface area contributed by atoms with Gasteiger partial charge in [-0.2, -0.15) is 0 Å². The van der Waals surface area contributed by atoms with Crippen molar-refractivity contribution in [3.05, 3.63) is 64.4 Å². The molecule has 1 aliphatic rings. The van der Waals surface area contributed by atoms with Crippen LogP contribution in [0.1, 0.15) is 24.0 Å². The van der Waals surface area contributed by atoms with Crippen molar-refractivity contribution in [2.45, 2.75) is 32.0 Å². The summed E-state index contributed by atoms with van der Waals surface area (Å²) in [6, 6.07) is 13.3. The van der Waals surface area contributed by atoms with Gasteiger partial charge in [0.05, 0.1) is 5.02 Å². The molecule has 1 fully saturated rings. The van der Waals surface area contributed by atoms with Gasteiger partial charge in [0.2, 0.25) is 0 Å². The Labute approximate surface area is 128 Å². The number of ether oxygens (including phenoxy) is 1. The Morgan fingerprint density at radius 1 is 1.19 bits per heavy atom. The number of para-hydroxylation sites is 1. The molecule has 21 heavy (non-hydrogen) atoms. The lowest BCUT2D eigenvalue weighted by Gasteiger charge is -2.12. The highest BCUT2D eigenvalue weighted by atomic mass is 35.5. The predicted octanol–water partition coefficient (Wildman–Crippen LogP) is 4.31. The summed E-state index contributed by atoms with van der Waals surface area (Å²) in [4.78, 5) is 0. The topological polar surface area (TPSA) is 21.3 Å². The fourth-order valence-electron chi connectivity index (χ4n) is 2.12. The predicted molar refractivity (Wildman–Crippen MR) is 82.0 cm³/mol. The number of nitrogens with one attached hydrogen (secondary N) is 1. The SMILES string of the molecule is Fc1ccc(COc2ccccc2CNC2CC2)cc1Cl. The highest BCUT2D eigenvalue weighted by Crippen LogP contribution is 2.24. The number of benzene rings is 2. The molecule has 0 unspecified atom stereocenters. The summed E-state index contributed by atoms with van der Waals surface area (Å²) in [6.07, 6.45) is 2.52. The normalized spacial score (nSPS) is 14.2. The van der Waals surface area contributed by atoms with Gasteiger partial charge in [-0.1, -0.05) is 35.9 Å². The molecule has 0 amide bonds. The molecule has 0 aliphatic heterocycles. The lowest BCUT2D eigenvalue weighted by molar-refractivity contribution is 0.302. The van der Waals surface area contributed by atoms with Crippen LogP contribution in [-0.4, -0.2) is 6.04 Å². The van der Waals surface area contributed by atoms with Gasteiger partial charge in [0.1, 0.15) is 18.2 Å². The quantitative estimate of drug-likeness (QED) is 0.858. The van der Waals surface area contributed by atoms with E-state index in [4.69, 9.17) is 16.3 Å². The van der Waals surface area contributed by atoms with Gasteiger partial charge in [-0.3, -0.25) is 0 Å². The second-order valence-electron chi connectivity index (χ2n) is 5.30. The monoisotopic (exact) mass is 305 g/mol. The van der Waals surface area contributed by atoms with E-state index in [-0.39, 0.29) is 5.02 Å². The minimum atomic E-state index is -0.408. The number of hydrogen-bond acceptors (Lipinski definition) is 2. The molecule has 0 spiro atoms. The highest BCUT2D eigenvalue weighted by Gasteiger charge is 2.20. The molecular weight excluding hydrogens is 289 g/mol. The highest BCUT2D eigenvalue weighted by molar-refractivity contribution is 6.30. The second-order valence-corrected chi connectivity index (χ2v) is 5.71. The lowest BCUT2D eigenvalue weighted by atomic mass is 10.2. The van der Waals surface area contributed by atoms with E-state index in [0.717, 1.165) is 23.4 Å². The molecule has 2 nitrogen and oxygen atoms in total. The van der Waals surface area contributed by atoms with E-state index in [9.17, 15) is 4.39 Å². The van der Waals surface area contributed by atoms with Gasteiger partial charge in [0.15, 0.2) is 0 Å². The van der Waals surface area contributed by atoms with Crippen LogP contribution >= 0.6 is 11.6 Å². The molecule has 3 rings (SSSR count). The van der Waals surface area contributed by atoms with Crippen LogP contribution in [0.25, 0.3) is 0 Å². The van der Waals surface area contributed by atoms with Gasteiger partial charge < -0.3 is 10.1 Å². The average Bonchev–Trinajstić information content (AvgIpc) is 3.31. The second kappa shape index (κ2) is 6.46. The zero-order chi connectivity index (χ0) is 14.7. The third-order valence-electron chi connectivity index (χ3n) is 3.51. The minimum Gasteiger partial charge on any atom is -0.489 e. The maximum atomic E-state index is 13.1. The summed E-state index contributed by atoms with van der Waals surface area (Å²) >= 11 is 5.78. The van der Waals surface area contributed by atoms with E-state index in [2.05, 4.69) is 11.4 Å². The molecule has 1 aliphatic carbocycles. The standard InChI is InChI=1S/C17H17ClFNO/c18-15-9-12(5-8-16(15)19)11-21-17-4-2-1-3-13(17)10-20-14-6-7-14/h1-5,8-9,14,20H,6-7,10-11H2. The molecule has 110 valence electrons. The first kappa shape index (κ1) is 14.4. The van der Waals surface area contributed by atoms with Crippen molar-refractivity contribution in [3.63, 3.8) is 0 Å². The molecule has 0 bridgehead atoms. The van der Waals surface area contributed by atoms with Crippen LogP contribution in [0, 0.1) is 5.82 Å². The molecular formula is C17H17ClFNO. The van der Waals surface area contributed by atoms with Crippen molar-refractivity contribution >= 4 is 11.6 Å². The first-order chi connectivity index (χ1) is 10.2. The smallest absolute Gasteiger partial charge is 0.141 e. The Kier molecular flexibility index (Phi) is 4.42. The Hall–Kier alpha value is -1.58. The zero-order valence-corrected chi connectivity index (χ0v) is 12.4. The lowest BCUT2D eigenvalue weighted by Crippen LogP contribution is -2.16. The van der Waals surface area contributed by atoms with Gasteiger partial charge in [0.25, 0.3) is 0 Å². The summed E-state index contributed by atoms with van der Waals surface area (Å²) in [5.41, 5.74) is 1.99. The summed E-state index contributed by atoms with van der Waals surface area (Å²) in [5.74, 6) is 0.445. The van der Waals surface area contributed by atoms with Crippen molar-refractivity contribution in [3.8, 4) is 5.75 Å². The molecule has 4 heteroatoms. The van der Waals surface area contributed by atoms with E-state index in [1.165, 1.54) is 18.9 Å². The van der Waals surface area contributed by atoms with Crippen LogP contribution in [0.2, 0.25) is 5.02 Å². The van der Waals surface area contributed by atoms with Gasteiger partial charge in [-0.25, -0.2) is 4.39 Å². The molecule has 0 atom stereocenters. The van der Waals surface area contributed by atoms with Crippen molar-refractivity contribution in [1.82, 2.24) is 5.32 Å². The Balaban J connectivity index is 1.64. The minimum absolute atomic E-state index is 0.125. The van der Waals surface area contributed by atoms with Crippen LogP contribution in [0.5, 0.6) is 5.75 Å². The van der Waals surface area contributed by atoms with E-state index < -0.39 is 5.82 Å². The third-order valence-corrected chi connectivity index (χ3v) is 3.80. The first-order valence-corrected chi connectivity index (χ1v) is 7.48. The number of hydrogen-bond donors (Lipinski definition) is 1. The summed E-state index contributed by atoms with van der Waals surface area (Å²) < 4.78 is 19.0. The van der Waals surface area contributed by atoms with Gasteiger partial charge in [0, 0.05) is 18.2 Å². The van der Waals surface area contributed by atoms with Crippen molar-refractivity contribution < 1.29 is 9.13 Å². The zero-order valence-electron chi connectivity index (χ0n) is 11.6. The average molecular weight is 306 g/mol. The number of rotatable bonds is 6. The molecule has 2 aromatic carbocycles. The molecule has 0 radical (unpaired) electrons. The molecule has 1 N–H and O–H groups in total. The molecule has 1 saturated carbocycles. The Morgan fingerprint density at radius 2 is 2.00 bits per heavy atom. The van der Waals surface area contributed by atoms with Crippen LogP contribution in [-0.2, 0) is 13.2 Å². The first-order valence-electron chi connectivity index (χ1n) is 7.10. The maximum Gasteiger partial charge on any atom is 0.141 e. The van der Waals surface area contributed by atoms with Crippen molar-refractivity contribution in [2.75, 3.05) is 0 Å². The fraction of sp³-hybridized carbons (Fsp3) is 0.294. The van der Waals surface area contributed by atoms with Crippen LogP contribution in [0.4, 0.5) is 4.39 Å². The largest absolute Gasteiger partial charge is 0.489 e. The van der Waals surface area contributed by atoms with Crippen LogP contribution < -0.4 is 10.1 Å². The molecule has 0 heterocycles. The molecule has 0 saturated heterocycles. The van der Waals surface area contributed by atoms with E-state index >= 15 is 0 Å². The molecule has 0 aromatic heterocycles. The third kappa shape index (κ3) is 3.96. The summed E-state index contributed by atoms with van der Waals surface area (Å²) in [7, 11) is 0. The number of halogens is 2. The van der Waals surface area contributed by atoms with Crippen LogP contribution in [0.3, 0.4) is 0 Å². The van der Waals surface area contributed by atoms with Gasteiger partial charge in [-0.05, 0) is 36.6 Å². The maximum absolute atomic E-state index is 13.1. The van der Waals surface area contributed by atoms with Gasteiger partial charge in [-0.15, -0.1) is 0 Å². The fourth-order valence-corrected chi connectivity index (χ4v) is 2.33. The summed E-state index contributed by atoms with van der Waals surface area (Å²) in [5, 5.41) is 3.60. The van der Waals surface area contributed by atoms with Crippen LogP contribution in [0.15, 0.2) is 42.5 Å². The van der Waals surface area contributed by atoms with Crippen molar-refractivity contribution in [1.29, 1.82) is 0 Å².